The molecular weight excluding hydrogens is 276 g/mol. The zero-order valence-corrected chi connectivity index (χ0v) is 11.9. The Morgan fingerprint density at radius 2 is 2.19 bits per heavy atom. The molecule has 0 aliphatic rings. The van der Waals surface area contributed by atoms with Crippen molar-refractivity contribution in [2.24, 2.45) is 5.73 Å². The molecule has 1 rings (SSSR count). The zero-order valence-electron chi connectivity index (χ0n) is 11.9. The predicted octanol–water partition coefficient (Wildman–Crippen LogP) is -0.317. The number of rotatable bonds is 7. The van der Waals surface area contributed by atoms with Crippen LogP contribution in [0.2, 0.25) is 0 Å². The van der Waals surface area contributed by atoms with Crippen molar-refractivity contribution >= 4 is 17.7 Å². The van der Waals surface area contributed by atoms with Crippen molar-refractivity contribution in [1.82, 2.24) is 15.2 Å². The minimum absolute atomic E-state index is 0.000391. The molecule has 0 aliphatic heterocycles. The van der Waals surface area contributed by atoms with Crippen molar-refractivity contribution < 1.29 is 18.8 Å². The van der Waals surface area contributed by atoms with E-state index in [4.69, 9.17) is 10.2 Å². The Morgan fingerprint density at radius 3 is 2.71 bits per heavy atom. The molecule has 0 saturated carbocycles. The van der Waals surface area contributed by atoms with Gasteiger partial charge in [-0.05, 0) is 18.9 Å². The van der Waals surface area contributed by atoms with E-state index >= 15 is 0 Å². The van der Waals surface area contributed by atoms with Crippen LogP contribution in [-0.4, -0.2) is 47.7 Å². The number of nitrogens with zero attached hydrogens (tertiary/aromatic N) is 2. The Morgan fingerprint density at radius 1 is 1.48 bits per heavy atom. The van der Waals surface area contributed by atoms with Gasteiger partial charge in [0, 0.05) is 14.1 Å². The molecule has 8 heteroatoms. The largest absolute Gasteiger partial charge is 0.438 e. The van der Waals surface area contributed by atoms with Crippen LogP contribution in [0.25, 0.3) is 0 Å². The van der Waals surface area contributed by atoms with E-state index in [-0.39, 0.29) is 18.1 Å². The highest BCUT2D eigenvalue weighted by molar-refractivity contribution is 5.94. The first kappa shape index (κ1) is 16.4. The second kappa shape index (κ2) is 7.83. The Kier molecular flexibility index (Phi) is 6.12. The molecule has 0 aliphatic carbocycles. The molecule has 0 radical (unpaired) electrons. The van der Waals surface area contributed by atoms with Crippen LogP contribution in [0.1, 0.15) is 23.4 Å². The molecule has 8 nitrogen and oxygen atoms in total. The Bertz CT molecular complexity index is 522. The zero-order chi connectivity index (χ0) is 15.8. The van der Waals surface area contributed by atoms with E-state index in [9.17, 15) is 14.4 Å². The number of likely N-dealkylation sites (N-methyl/N-ethyl adjacent to an activating group) is 1. The fourth-order valence-corrected chi connectivity index (χ4v) is 1.44. The summed E-state index contributed by atoms with van der Waals surface area (Å²) in [4.78, 5) is 39.4. The van der Waals surface area contributed by atoms with Gasteiger partial charge in [-0.3, -0.25) is 14.4 Å². The molecule has 1 aromatic heterocycles. The molecule has 3 amide bonds. The Hall–Kier alpha value is -2.64. The fraction of sp³-hybridized carbons (Fsp3) is 0.385. The van der Waals surface area contributed by atoms with E-state index in [1.54, 1.807) is 20.2 Å². The van der Waals surface area contributed by atoms with Crippen LogP contribution in [0.4, 0.5) is 0 Å². The summed E-state index contributed by atoms with van der Waals surface area (Å²) in [6, 6.07) is -0.846. The number of hydrogen-bond donors (Lipinski definition) is 2. The quantitative estimate of drug-likeness (QED) is 0.668. The van der Waals surface area contributed by atoms with Gasteiger partial charge in [-0.2, -0.15) is 0 Å². The average Bonchev–Trinajstić information content (AvgIpc) is 2.95. The van der Waals surface area contributed by atoms with Gasteiger partial charge in [-0.1, -0.05) is 6.08 Å². The van der Waals surface area contributed by atoms with Gasteiger partial charge in [0.15, 0.2) is 6.39 Å². The monoisotopic (exact) mass is 294 g/mol. The van der Waals surface area contributed by atoms with Gasteiger partial charge < -0.3 is 20.4 Å². The standard InChI is InChI=1S/C13H18N4O4/c1-17(2)11(18)6-4-3-5-9(12(14)19)16-13(20)10-7-15-8-21-10/h4,6-9H,3,5H2,1-2H3,(H2,14,19)(H,16,20). The second-order valence-electron chi connectivity index (χ2n) is 4.51. The average molecular weight is 294 g/mol. The van der Waals surface area contributed by atoms with E-state index in [1.807, 2.05) is 0 Å². The van der Waals surface area contributed by atoms with Gasteiger partial charge in [0.25, 0.3) is 5.91 Å². The highest BCUT2D eigenvalue weighted by Gasteiger charge is 2.19. The second-order valence-corrected chi connectivity index (χ2v) is 4.51. The summed E-state index contributed by atoms with van der Waals surface area (Å²) in [5.74, 6) is -1.38. The van der Waals surface area contributed by atoms with Gasteiger partial charge in [-0.15, -0.1) is 0 Å². The van der Waals surface area contributed by atoms with Crippen LogP contribution in [-0.2, 0) is 9.59 Å². The van der Waals surface area contributed by atoms with Gasteiger partial charge in [0.05, 0.1) is 6.20 Å². The lowest BCUT2D eigenvalue weighted by Gasteiger charge is -2.13. The molecule has 1 unspecified atom stereocenters. The maximum atomic E-state index is 11.7. The summed E-state index contributed by atoms with van der Waals surface area (Å²) in [5, 5.41) is 2.45. The first-order valence-corrected chi connectivity index (χ1v) is 6.28. The molecule has 0 saturated heterocycles. The molecule has 3 N–H and O–H groups in total. The Labute approximate surface area is 122 Å². The number of amides is 3. The van der Waals surface area contributed by atoms with E-state index in [1.165, 1.54) is 17.2 Å². The number of nitrogens with one attached hydrogen (secondary N) is 1. The molecule has 1 heterocycles. The van der Waals surface area contributed by atoms with Crippen molar-refractivity contribution in [2.75, 3.05) is 14.1 Å². The SMILES string of the molecule is CN(C)C(=O)C=CCCC(NC(=O)c1cnco1)C(N)=O. The fourth-order valence-electron chi connectivity index (χ4n) is 1.44. The van der Waals surface area contributed by atoms with Gasteiger partial charge in [0.1, 0.15) is 6.04 Å². The van der Waals surface area contributed by atoms with E-state index in [2.05, 4.69) is 10.3 Å². The lowest BCUT2D eigenvalue weighted by atomic mass is 10.1. The van der Waals surface area contributed by atoms with Crippen molar-refractivity contribution in [2.45, 2.75) is 18.9 Å². The number of carbonyl (C=O) groups excluding carboxylic acids is 3. The van der Waals surface area contributed by atoms with Crippen LogP contribution in [0.5, 0.6) is 0 Å². The molecule has 0 bridgehead atoms. The van der Waals surface area contributed by atoms with Crippen molar-refractivity contribution in [1.29, 1.82) is 0 Å². The third kappa shape index (κ3) is 5.47. The Balaban J connectivity index is 2.49. The van der Waals surface area contributed by atoms with Gasteiger partial charge in [0.2, 0.25) is 17.6 Å². The molecule has 0 aromatic carbocycles. The third-order valence-electron chi connectivity index (χ3n) is 2.63. The minimum Gasteiger partial charge on any atom is -0.438 e. The number of primary amides is 1. The van der Waals surface area contributed by atoms with E-state index in [0.29, 0.717) is 6.42 Å². The summed E-state index contributed by atoms with van der Waals surface area (Å²) in [6.07, 6.45) is 6.08. The van der Waals surface area contributed by atoms with Crippen LogP contribution >= 0.6 is 0 Å². The normalized spacial score (nSPS) is 12.1. The van der Waals surface area contributed by atoms with Crippen LogP contribution in [0.3, 0.4) is 0 Å². The van der Waals surface area contributed by atoms with Gasteiger partial charge in [-0.25, -0.2) is 4.98 Å². The summed E-state index contributed by atoms with van der Waals surface area (Å²) in [6.45, 7) is 0. The number of carbonyl (C=O) groups is 3. The molecule has 0 spiro atoms. The molecule has 1 atom stereocenters. The topological polar surface area (TPSA) is 119 Å². The lowest BCUT2D eigenvalue weighted by Crippen LogP contribution is -2.44. The molecule has 0 fully saturated rings. The number of nitrogens with two attached hydrogens (primary N) is 1. The van der Waals surface area contributed by atoms with E-state index in [0.717, 1.165) is 6.39 Å². The van der Waals surface area contributed by atoms with Crippen LogP contribution in [0, 0.1) is 0 Å². The maximum Gasteiger partial charge on any atom is 0.289 e. The summed E-state index contributed by atoms with van der Waals surface area (Å²) >= 11 is 0. The van der Waals surface area contributed by atoms with Crippen molar-refractivity contribution in [3.63, 3.8) is 0 Å². The first-order chi connectivity index (χ1) is 9.91. The van der Waals surface area contributed by atoms with Gasteiger partial charge >= 0.3 is 0 Å². The molecule has 1 aromatic rings. The highest BCUT2D eigenvalue weighted by Crippen LogP contribution is 2.02. The number of allylic oxidation sites excluding steroid dienone is 1. The third-order valence-corrected chi connectivity index (χ3v) is 2.63. The van der Waals surface area contributed by atoms with Crippen molar-refractivity contribution in [3.8, 4) is 0 Å². The predicted molar refractivity (Wildman–Crippen MR) is 74.0 cm³/mol. The molecular formula is C13H18N4O4. The summed E-state index contributed by atoms with van der Waals surface area (Å²) in [5.41, 5.74) is 5.23. The number of hydrogen-bond acceptors (Lipinski definition) is 5. The lowest BCUT2D eigenvalue weighted by molar-refractivity contribution is -0.123. The summed E-state index contributed by atoms with van der Waals surface area (Å²) in [7, 11) is 3.27. The number of oxazole rings is 1. The number of aromatic nitrogens is 1. The molecule has 21 heavy (non-hydrogen) atoms. The van der Waals surface area contributed by atoms with E-state index < -0.39 is 17.9 Å². The first-order valence-electron chi connectivity index (χ1n) is 6.28. The van der Waals surface area contributed by atoms with Crippen molar-refractivity contribution in [3.05, 3.63) is 30.5 Å². The smallest absolute Gasteiger partial charge is 0.289 e. The highest BCUT2D eigenvalue weighted by atomic mass is 16.3. The summed E-state index contributed by atoms with van der Waals surface area (Å²) < 4.78 is 4.82. The van der Waals surface area contributed by atoms with Crippen LogP contribution < -0.4 is 11.1 Å². The van der Waals surface area contributed by atoms with Crippen LogP contribution in [0.15, 0.2) is 29.2 Å². The molecule has 114 valence electrons. The minimum atomic E-state index is -0.846. The maximum absolute atomic E-state index is 11.7.